The second-order valence-electron chi connectivity index (χ2n) is 2.38. The van der Waals surface area contributed by atoms with Gasteiger partial charge in [-0.2, -0.15) is 8.78 Å². The minimum atomic E-state index is -2.79. The summed E-state index contributed by atoms with van der Waals surface area (Å²) in [6.07, 6.45) is 3.17. The van der Waals surface area contributed by atoms with Gasteiger partial charge < -0.3 is 4.74 Å². The van der Waals surface area contributed by atoms with Crippen molar-refractivity contribution in [1.82, 2.24) is 4.98 Å². The van der Waals surface area contributed by atoms with Gasteiger partial charge in [-0.25, -0.2) is 4.98 Å². The monoisotopic (exact) mass is 205 g/mol. The normalized spacial score (nSPS) is 10.5. The molecule has 5 heteroatoms. The molecule has 0 aliphatic carbocycles. The SMILES string of the molecule is CSc1ncc(OC(F)F)cc1C. The number of hydrogen-bond donors (Lipinski definition) is 0. The number of rotatable bonds is 3. The average molecular weight is 205 g/mol. The molecule has 0 N–H and O–H groups in total. The third-order valence-corrected chi connectivity index (χ3v) is 2.24. The zero-order valence-electron chi connectivity index (χ0n) is 7.25. The Bertz CT molecular complexity index is 293. The van der Waals surface area contributed by atoms with Gasteiger partial charge in [-0.3, -0.25) is 0 Å². The molecule has 1 aromatic rings. The lowest BCUT2D eigenvalue weighted by Gasteiger charge is -2.06. The molecular weight excluding hydrogens is 196 g/mol. The molecule has 0 aliphatic heterocycles. The molecule has 72 valence electrons. The summed E-state index contributed by atoms with van der Waals surface area (Å²) in [5, 5.41) is 0.821. The molecular formula is C8H9F2NOS. The number of halogens is 2. The first-order valence-electron chi connectivity index (χ1n) is 3.59. The van der Waals surface area contributed by atoms with Crippen LogP contribution in [0, 0.1) is 6.92 Å². The number of aromatic nitrogens is 1. The van der Waals surface area contributed by atoms with Crippen LogP contribution < -0.4 is 4.74 Å². The van der Waals surface area contributed by atoms with E-state index in [1.165, 1.54) is 18.0 Å². The highest BCUT2D eigenvalue weighted by Gasteiger charge is 2.06. The molecule has 0 radical (unpaired) electrons. The van der Waals surface area contributed by atoms with Crippen molar-refractivity contribution in [2.24, 2.45) is 0 Å². The summed E-state index contributed by atoms with van der Waals surface area (Å²) >= 11 is 1.47. The van der Waals surface area contributed by atoms with Crippen LogP contribution in [-0.4, -0.2) is 17.9 Å². The van der Waals surface area contributed by atoms with Crippen molar-refractivity contribution in [2.75, 3.05) is 6.26 Å². The Morgan fingerprint density at radius 2 is 2.23 bits per heavy atom. The average Bonchev–Trinajstić information content (AvgIpc) is 2.03. The summed E-state index contributed by atoms with van der Waals surface area (Å²) in [5.41, 5.74) is 0.839. The van der Waals surface area contributed by atoms with Crippen LogP contribution in [0.3, 0.4) is 0 Å². The Kier molecular flexibility index (Phi) is 3.48. The van der Waals surface area contributed by atoms with Gasteiger partial charge in [0.25, 0.3) is 0 Å². The summed E-state index contributed by atoms with van der Waals surface area (Å²) in [7, 11) is 0. The highest BCUT2D eigenvalue weighted by molar-refractivity contribution is 7.98. The van der Waals surface area contributed by atoms with E-state index in [9.17, 15) is 8.78 Å². The molecule has 0 amide bonds. The van der Waals surface area contributed by atoms with Crippen LogP contribution in [0.5, 0.6) is 5.75 Å². The molecule has 0 saturated heterocycles. The maximum Gasteiger partial charge on any atom is 0.387 e. The second kappa shape index (κ2) is 4.41. The van der Waals surface area contributed by atoms with Crippen molar-refractivity contribution < 1.29 is 13.5 Å². The van der Waals surface area contributed by atoms with Crippen LogP contribution in [0.15, 0.2) is 17.3 Å². The summed E-state index contributed by atoms with van der Waals surface area (Å²) < 4.78 is 27.7. The van der Waals surface area contributed by atoms with Crippen LogP contribution in [0.4, 0.5) is 8.78 Å². The minimum Gasteiger partial charge on any atom is -0.433 e. The van der Waals surface area contributed by atoms with E-state index in [2.05, 4.69) is 9.72 Å². The Labute approximate surface area is 79.3 Å². The molecule has 2 nitrogen and oxygen atoms in total. The van der Waals surface area contributed by atoms with Crippen LogP contribution in [0.1, 0.15) is 5.56 Å². The molecule has 0 saturated carbocycles. The standard InChI is InChI=1S/C8H9F2NOS/c1-5-3-6(12-8(9)10)4-11-7(5)13-2/h3-4,8H,1-2H3. The van der Waals surface area contributed by atoms with Crippen LogP contribution in [-0.2, 0) is 0 Å². The predicted octanol–water partition coefficient (Wildman–Crippen LogP) is 2.71. The Balaban J connectivity index is 2.83. The van der Waals surface area contributed by atoms with Crippen molar-refractivity contribution in [2.45, 2.75) is 18.6 Å². The highest BCUT2D eigenvalue weighted by atomic mass is 32.2. The third kappa shape index (κ3) is 2.84. The third-order valence-electron chi connectivity index (χ3n) is 1.42. The highest BCUT2D eigenvalue weighted by Crippen LogP contribution is 2.21. The summed E-state index contributed by atoms with van der Waals surface area (Å²) in [6, 6.07) is 1.55. The van der Waals surface area contributed by atoms with Gasteiger partial charge in [0.05, 0.1) is 11.2 Å². The zero-order chi connectivity index (χ0) is 9.84. The second-order valence-corrected chi connectivity index (χ2v) is 3.17. The molecule has 0 aromatic carbocycles. The number of ether oxygens (including phenoxy) is 1. The van der Waals surface area contributed by atoms with Gasteiger partial charge in [0.1, 0.15) is 5.75 Å². The number of alkyl halides is 2. The Morgan fingerprint density at radius 3 is 2.69 bits per heavy atom. The zero-order valence-corrected chi connectivity index (χ0v) is 8.07. The molecule has 0 atom stereocenters. The van der Waals surface area contributed by atoms with Gasteiger partial charge >= 0.3 is 6.61 Å². The van der Waals surface area contributed by atoms with Gasteiger partial charge in [-0.1, -0.05) is 0 Å². The molecule has 0 fully saturated rings. The number of pyridine rings is 1. The van der Waals surface area contributed by atoms with Gasteiger partial charge in [0.15, 0.2) is 0 Å². The number of aryl methyl sites for hydroxylation is 1. The number of nitrogens with zero attached hydrogens (tertiary/aromatic N) is 1. The van der Waals surface area contributed by atoms with E-state index >= 15 is 0 Å². The van der Waals surface area contributed by atoms with E-state index in [1.54, 1.807) is 13.0 Å². The van der Waals surface area contributed by atoms with Crippen molar-refractivity contribution in [3.8, 4) is 5.75 Å². The van der Waals surface area contributed by atoms with Crippen LogP contribution in [0.25, 0.3) is 0 Å². The summed E-state index contributed by atoms with van der Waals surface area (Å²) in [6.45, 7) is -0.988. The fraction of sp³-hybridized carbons (Fsp3) is 0.375. The van der Waals surface area contributed by atoms with E-state index in [0.717, 1.165) is 10.6 Å². The Morgan fingerprint density at radius 1 is 1.54 bits per heavy atom. The molecule has 0 spiro atoms. The van der Waals surface area contributed by atoms with Gasteiger partial charge in [-0.15, -0.1) is 11.8 Å². The number of hydrogen-bond acceptors (Lipinski definition) is 3. The van der Waals surface area contributed by atoms with E-state index < -0.39 is 6.61 Å². The first-order chi connectivity index (χ1) is 6.13. The summed E-state index contributed by atoms with van der Waals surface area (Å²) in [4.78, 5) is 3.95. The van der Waals surface area contributed by atoms with Crippen LogP contribution >= 0.6 is 11.8 Å². The lowest BCUT2D eigenvalue weighted by molar-refractivity contribution is -0.0501. The fourth-order valence-corrected chi connectivity index (χ4v) is 1.46. The molecule has 1 rings (SSSR count). The van der Waals surface area contributed by atoms with E-state index in [4.69, 9.17) is 0 Å². The molecule has 1 aromatic heterocycles. The lowest BCUT2D eigenvalue weighted by atomic mass is 10.3. The molecule has 13 heavy (non-hydrogen) atoms. The van der Waals surface area contributed by atoms with Crippen molar-refractivity contribution in [3.05, 3.63) is 17.8 Å². The largest absolute Gasteiger partial charge is 0.433 e. The fourth-order valence-electron chi connectivity index (χ4n) is 0.917. The molecule has 0 unspecified atom stereocenters. The Hall–Kier alpha value is -0.840. The molecule has 0 bridgehead atoms. The van der Waals surface area contributed by atoms with E-state index in [-0.39, 0.29) is 5.75 Å². The van der Waals surface area contributed by atoms with E-state index in [1.807, 2.05) is 6.26 Å². The smallest absolute Gasteiger partial charge is 0.387 e. The van der Waals surface area contributed by atoms with Crippen molar-refractivity contribution in [1.29, 1.82) is 0 Å². The molecule has 0 aliphatic rings. The van der Waals surface area contributed by atoms with Gasteiger partial charge in [0.2, 0.25) is 0 Å². The first kappa shape index (κ1) is 10.2. The number of thioether (sulfide) groups is 1. The van der Waals surface area contributed by atoms with Crippen molar-refractivity contribution >= 4 is 11.8 Å². The first-order valence-corrected chi connectivity index (χ1v) is 4.81. The van der Waals surface area contributed by atoms with Crippen LogP contribution in [0.2, 0.25) is 0 Å². The minimum absolute atomic E-state index is 0.102. The maximum absolute atomic E-state index is 11.8. The van der Waals surface area contributed by atoms with Gasteiger partial charge in [0, 0.05) is 0 Å². The van der Waals surface area contributed by atoms with E-state index in [0.29, 0.717) is 0 Å². The predicted molar refractivity (Wildman–Crippen MR) is 47.4 cm³/mol. The maximum atomic E-state index is 11.8. The van der Waals surface area contributed by atoms with Crippen molar-refractivity contribution in [3.63, 3.8) is 0 Å². The summed E-state index contributed by atoms with van der Waals surface area (Å²) in [5.74, 6) is 0.102. The topological polar surface area (TPSA) is 22.1 Å². The molecule has 1 heterocycles. The quantitative estimate of drug-likeness (QED) is 0.708. The van der Waals surface area contributed by atoms with Gasteiger partial charge in [-0.05, 0) is 24.8 Å². The lowest BCUT2D eigenvalue weighted by Crippen LogP contribution is -2.02.